The maximum absolute atomic E-state index is 11.6. The van der Waals surface area contributed by atoms with E-state index in [1.165, 1.54) is 6.07 Å². The van der Waals surface area contributed by atoms with Crippen LogP contribution in [0.1, 0.15) is 22.8 Å². The summed E-state index contributed by atoms with van der Waals surface area (Å²) in [4.78, 5) is 33.5. The van der Waals surface area contributed by atoms with Crippen molar-refractivity contribution in [3.63, 3.8) is 0 Å². The van der Waals surface area contributed by atoms with Crippen molar-refractivity contribution in [1.82, 2.24) is 5.32 Å². The van der Waals surface area contributed by atoms with E-state index >= 15 is 0 Å². The van der Waals surface area contributed by atoms with Crippen LogP contribution in [0.2, 0.25) is 0 Å². The Bertz CT molecular complexity index is 529. The Morgan fingerprint density at radius 3 is 2.47 bits per heavy atom. The molecule has 6 nitrogen and oxygen atoms in total. The van der Waals surface area contributed by atoms with E-state index in [2.05, 4.69) is 21.2 Å². The van der Waals surface area contributed by atoms with Crippen molar-refractivity contribution < 1.29 is 14.4 Å². The average Bonchev–Trinajstić information content (AvgIpc) is 2.30. The van der Waals surface area contributed by atoms with Crippen LogP contribution in [0.15, 0.2) is 18.2 Å². The lowest BCUT2D eigenvalue weighted by Gasteiger charge is -2.11. The van der Waals surface area contributed by atoms with Crippen molar-refractivity contribution in [2.75, 3.05) is 5.32 Å². The summed E-state index contributed by atoms with van der Waals surface area (Å²) in [5.41, 5.74) is 6.42. The second kappa shape index (κ2) is 6.33. The molecule has 0 aliphatic rings. The number of imide groups is 1. The molecule has 19 heavy (non-hydrogen) atoms. The van der Waals surface area contributed by atoms with E-state index in [0.29, 0.717) is 5.69 Å². The van der Waals surface area contributed by atoms with Gasteiger partial charge in [-0.05, 0) is 31.5 Å². The number of nitrogens with one attached hydrogen (secondary N) is 2. The zero-order valence-corrected chi connectivity index (χ0v) is 12.1. The first-order valence-electron chi connectivity index (χ1n) is 5.47. The number of urea groups is 1. The summed E-state index contributed by atoms with van der Waals surface area (Å²) in [7, 11) is 0. The summed E-state index contributed by atoms with van der Waals surface area (Å²) in [5, 5.41) is 4.64. The van der Waals surface area contributed by atoms with Crippen LogP contribution in [-0.2, 0) is 4.79 Å². The topological polar surface area (TPSA) is 101 Å². The Morgan fingerprint density at radius 1 is 1.32 bits per heavy atom. The van der Waals surface area contributed by atoms with E-state index in [1.54, 1.807) is 26.0 Å². The van der Waals surface area contributed by atoms with Crippen molar-refractivity contribution in [1.29, 1.82) is 0 Å². The Labute approximate surface area is 118 Å². The van der Waals surface area contributed by atoms with E-state index in [0.717, 1.165) is 5.56 Å². The number of amides is 4. The Balaban J connectivity index is 2.97. The highest BCUT2D eigenvalue weighted by Crippen LogP contribution is 2.18. The third-order valence-electron chi connectivity index (χ3n) is 2.36. The van der Waals surface area contributed by atoms with Gasteiger partial charge in [-0.15, -0.1) is 0 Å². The molecule has 0 radical (unpaired) electrons. The number of carbonyl (C=O) groups is 3. The first-order chi connectivity index (χ1) is 8.81. The van der Waals surface area contributed by atoms with Crippen molar-refractivity contribution in [2.24, 2.45) is 5.73 Å². The van der Waals surface area contributed by atoms with Crippen LogP contribution >= 0.6 is 15.9 Å². The quantitative estimate of drug-likeness (QED) is 0.733. The number of rotatable bonds is 3. The third-order valence-corrected chi connectivity index (χ3v) is 2.77. The predicted octanol–water partition coefficient (Wildman–Crippen LogP) is 1.53. The smallest absolute Gasteiger partial charge is 0.319 e. The highest BCUT2D eigenvalue weighted by atomic mass is 79.9. The number of hydrogen-bond donors (Lipinski definition) is 3. The molecule has 7 heteroatoms. The molecule has 102 valence electrons. The molecular weight excluding hydrogens is 314 g/mol. The molecule has 1 aromatic rings. The minimum absolute atomic E-state index is 0.226. The molecule has 4 amide bonds. The first-order valence-corrected chi connectivity index (χ1v) is 6.39. The SMILES string of the molecule is Cc1ccc(C(=O)NC(N)=O)cc1NC(=O)C(C)Br. The van der Waals surface area contributed by atoms with Gasteiger partial charge in [0.1, 0.15) is 0 Å². The van der Waals surface area contributed by atoms with Gasteiger partial charge in [0.15, 0.2) is 0 Å². The van der Waals surface area contributed by atoms with Crippen molar-refractivity contribution in [2.45, 2.75) is 18.7 Å². The fraction of sp³-hybridized carbons (Fsp3) is 0.250. The zero-order chi connectivity index (χ0) is 14.6. The molecule has 0 aliphatic heterocycles. The van der Waals surface area contributed by atoms with Crippen LogP contribution in [0.4, 0.5) is 10.5 Å². The number of alkyl halides is 1. The highest BCUT2D eigenvalue weighted by molar-refractivity contribution is 9.10. The van der Waals surface area contributed by atoms with Gasteiger partial charge in [-0.2, -0.15) is 0 Å². The number of nitrogens with two attached hydrogens (primary N) is 1. The molecule has 1 unspecified atom stereocenters. The molecule has 1 rings (SSSR count). The minimum atomic E-state index is -0.926. The van der Waals surface area contributed by atoms with E-state index in [4.69, 9.17) is 5.73 Å². The largest absolute Gasteiger partial charge is 0.351 e. The fourth-order valence-corrected chi connectivity index (χ4v) is 1.43. The molecule has 0 spiro atoms. The van der Waals surface area contributed by atoms with Gasteiger partial charge in [0.2, 0.25) is 5.91 Å². The van der Waals surface area contributed by atoms with Crippen LogP contribution < -0.4 is 16.4 Å². The molecule has 0 aliphatic carbocycles. The van der Waals surface area contributed by atoms with E-state index in [9.17, 15) is 14.4 Å². The van der Waals surface area contributed by atoms with Crippen LogP contribution in [0, 0.1) is 6.92 Å². The zero-order valence-electron chi connectivity index (χ0n) is 10.5. The number of primary amides is 1. The third kappa shape index (κ3) is 4.36. The second-order valence-corrected chi connectivity index (χ2v) is 5.33. The molecule has 0 saturated heterocycles. The van der Waals surface area contributed by atoms with Crippen molar-refractivity contribution >= 4 is 39.5 Å². The molecular formula is C12H14BrN3O3. The van der Waals surface area contributed by atoms with Gasteiger partial charge in [-0.3, -0.25) is 14.9 Å². The van der Waals surface area contributed by atoms with Crippen LogP contribution in [0.25, 0.3) is 0 Å². The molecule has 0 saturated carbocycles. The maximum Gasteiger partial charge on any atom is 0.319 e. The normalized spacial score (nSPS) is 11.5. The molecule has 4 N–H and O–H groups in total. The van der Waals surface area contributed by atoms with Crippen molar-refractivity contribution in [3.05, 3.63) is 29.3 Å². The lowest BCUT2D eigenvalue weighted by atomic mass is 10.1. The molecule has 1 atom stereocenters. The molecule has 0 heterocycles. The van der Waals surface area contributed by atoms with Gasteiger partial charge < -0.3 is 11.1 Å². The van der Waals surface area contributed by atoms with E-state index in [-0.39, 0.29) is 16.3 Å². The van der Waals surface area contributed by atoms with Gasteiger partial charge in [0.05, 0.1) is 4.83 Å². The maximum atomic E-state index is 11.6. The summed E-state index contributed by atoms with van der Waals surface area (Å²) in [5.74, 6) is -0.842. The summed E-state index contributed by atoms with van der Waals surface area (Å²) in [6.07, 6.45) is 0. The number of halogens is 1. The first kappa shape index (κ1) is 15.2. The fourth-order valence-electron chi connectivity index (χ4n) is 1.31. The average molecular weight is 328 g/mol. The highest BCUT2D eigenvalue weighted by Gasteiger charge is 2.13. The summed E-state index contributed by atoms with van der Waals surface area (Å²) in [6.45, 7) is 3.48. The standard InChI is InChI=1S/C12H14BrN3O3/c1-6-3-4-8(11(18)16-12(14)19)5-9(6)15-10(17)7(2)13/h3-5,7H,1-2H3,(H,15,17)(H3,14,16,18,19). The lowest BCUT2D eigenvalue weighted by Crippen LogP contribution is -2.35. The van der Waals surface area contributed by atoms with Gasteiger partial charge in [-0.25, -0.2) is 4.79 Å². The van der Waals surface area contributed by atoms with E-state index < -0.39 is 11.9 Å². The number of carbonyl (C=O) groups excluding carboxylic acids is 3. The summed E-state index contributed by atoms with van der Waals surface area (Å²) < 4.78 is 0. The van der Waals surface area contributed by atoms with E-state index in [1.807, 2.05) is 5.32 Å². The van der Waals surface area contributed by atoms with Gasteiger partial charge >= 0.3 is 6.03 Å². The van der Waals surface area contributed by atoms with Crippen LogP contribution in [0.3, 0.4) is 0 Å². The molecule has 0 bridgehead atoms. The second-order valence-electron chi connectivity index (χ2n) is 3.95. The predicted molar refractivity (Wildman–Crippen MR) is 75.2 cm³/mol. The monoisotopic (exact) mass is 327 g/mol. The minimum Gasteiger partial charge on any atom is -0.351 e. The van der Waals surface area contributed by atoms with Gasteiger partial charge in [-0.1, -0.05) is 22.0 Å². The van der Waals surface area contributed by atoms with Crippen LogP contribution in [0.5, 0.6) is 0 Å². The number of hydrogen-bond acceptors (Lipinski definition) is 3. The summed E-state index contributed by atoms with van der Waals surface area (Å²) >= 11 is 3.15. The number of aryl methyl sites for hydroxylation is 1. The van der Waals surface area contributed by atoms with Gasteiger partial charge in [0.25, 0.3) is 5.91 Å². The van der Waals surface area contributed by atoms with Crippen LogP contribution in [-0.4, -0.2) is 22.7 Å². The Morgan fingerprint density at radius 2 is 1.95 bits per heavy atom. The Kier molecular flexibility index (Phi) is 5.05. The Hall–Kier alpha value is -1.89. The number of benzene rings is 1. The summed E-state index contributed by atoms with van der Waals surface area (Å²) in [6, 6.07) is 3.77. The molecule has 0 aromatic heterocycles. The number of anilines is 1. The van der Waals surface area contributed by atoms with Crippen molar-refractivity contribution in [3.8, 4) is 0 Å². The molecule has 1 aromatic carbocycles. The molecule has 0 fully saturated rings. The van der Waals surface area contributed by atoms with Gasteiger partial charge in [0, 0.05) is 11.3 Å². The lowest BCUT2D eigenvalue weighted by molar-refractivity contribution is -0.115.